The van der Waals surface area contributed by atoms with Gasteiger partial charge in [-0.1, -0.05) is 31.1 Å². The normalized spacial score (nSPS) is 10.6. The average Bonchev–Trinajstić information content (AvgIpc) is 3.04. The van der Waals surface area contributed by atoms with E-state index in [4.69, 9.17) is 0 Å². The van der Waals surface area contributed by atoms with Gasteiger partial charge in [0.25, 0.3) is 0 Å². The van der Waals surface area contributed by atoms with E-state index in [1.807, 2.05) is 31.2 Å². The van der Waals surface area contributed by atoms with Crippen LogP contribution in [0, 0.1) is 12.8 Å². The third kappa shape index (κ3) is 6.29. The maximum absolute atomic E-state index is 12.6. The molecule has 0 saturated heterocycles. The summed E-state index contributed by atoms with van der Waals surface area (Å²) in [6.07, 6.45) is 2.18. The first-order chi connectivity index (χ1) is 11.9. The van der Waals surface area contributed by atoms with Crippen LogP contribution in [-0.4, -0.2) is 35.1 Å². The van der Waals surface area contributed by atoms with Gasteiger partial charge in [0.2, 0.25) is 5.91 Å². The summed E-state index contributed by atoms with van der Waals surface area (Å²) in [5, 5.41) is 9.08. The van der Waals surface area contributed by atoms with Gasteiger partial charge in [0, 0.05) is 18.3 Å². The summed E-state index contributed by atoms with van der Waals surface area (Å²) in [7, 11) is 0. The van der Waals surface area contributed by atoms with Gasteiger partial charge in [0.15, 0.2) is 5.82 Å². The predicted octanol–water partition coefficient (Wildman–Crippen LogP) is 3.50. The molecule has 2 aromatic rings. The van der Waals surface area contributed by atoms with Gasteiger partial charge in [0.05, 0.1) is 0 Å². The third-order valence-electron chi connectivity index (χ3n) is 3.57. The fourth-order valence-electron chi connectivity index (χ4n) is 2.22. The van der Waals surface area contributed by atoms with Crippen LogP contribution in [-0.2, 0) is 4.79 Å². The number of rotatable bonds is 7. The van der Waals surface area contributed by atoms with E-state index in [1.165, 1.54) is 11.2 Å². The zero-order chi connectivity index (χ0) is 18.2. The first-order valence-electron chi connectivity index (χ1n) is 8.27. The first-order valence-corrected chi connectivity index (χ1v) is 8.27. The lowest BCUT2D eigenvalue weighted by atomic mass is 10.1. The molecule has 0 radical (unpaired) electrons. The van der Waals surface area contributed by atoms with E-state index >= 15 is 0 Å². The monoisotopic (exact) mass is 344 g/mol. The Kier molecular flexibility index (Phi) is 6.56. The van der Waals surface area contributed by atoms with E-state index in [0.29, 0.717) is 24.0 Å². The van der Waals surface area contributed by atoms with E-state index in [0.717, 1.165) is 12.0 Å². The fourth-order valence-corrected chi connectivity index (χ4v) is 2.22. The van der Waals surface area contributed by atoms with E-state index in [2.05, 4.69) is 34.2 Å². The van der Waals surface area contributed by atoms with Gasteiger partial charge in [-0.15, -0.1) is 0 Å². The highest BCUT2D eigenvalue weighted by Gasteiger charge is 2.18. The van der Waals surface area contributed by atoms with Crippen molar-refractivity contribution >= 4 is 23.4 Å². The summed E-state index contributed by atoms with van der Waals surface area (Å²) < 4.78 is 4.68. The molecule has 25 heavy (non-hydrogen) atoms. The van der Waals surface area contributed by atoms with Crippen LogP contribution in [0.2, 0.25) is 0 Å². The number of carbonyl (C=O) groups is 2. The summed E-state index contributed by atoms with van der Waals surface area (Å²) in [6, 6.07) is 8.78. The van der Waals surface area contributed by atoms with Gasteiger partial charge in [-0.3, -0.25) is 4.79 Å². The van der Waals surface area contributed by atoms with Crippen LogP contribution in [0.4, 0.5) is 16.3 Å². The molecule has 3 amide bonds. The number of anilines is 2. The fraction of sp³-hybridized carbons (Fsp3) is 0.389. The van der Waals surface area contributed by atoms with Crippen LogP contribution in [0.3, 0.4) is 0 Å². The smallest absolute Gasteiger partial charge is 0.322 e. The van der Waals surface area contributed by atoms with Crippen molar-refractivity contribution in [3.05, 3.63) is 42.2 Å². The largest absolute Gasteiger partial charge is 0.363 e. The second-order valence-electron chi connectivity index (χ2n) is 6.34. The number of benzene rings is 1. The lowest BCUT2D eigenvalue weighted by Gasteiger charge is -2.23. The second kappa shape index (κ2) is 8.86. The molecule has 2 rings (SSSR count). The summed E-state index contributed by atoms with van der Waals surface area (Å²) in [4.78, 5) is 26.2. The molecule has 0 saturated carbocycles. The minimum Gasteiger partial charge on any atom is -0.363 e. The number of hydrogen-bond acceptors (Lipinski definition) is 4. The van der Waals surface area contributed by atoms with E-state index in [9.17, 15) is 9.59 Å². The van der Waals surface area contributed by atoms with E-state index in [1.54, 1.807) is 6.07 Å². The summed E-state index contributed by atoms with van der Waals surface area (Å²) in [5.74, 6) is 0.429. The van der Waals surface area contributed by atoms with Gasteiger partial charge < -0.3 is 20.1 Å². The molecule has 134 valence electrons. The Hall–Kier alpha value is -2.83. The molecule has 0 bridgehead atoms. The molecule has 0 atom stereocenters. The van der Waals surface area contributed by atoms with E-state index in [-0.39, 0.29) is 18.5 Å². The van der Waals surface area contributed by atoms with Crippen LogP contribution >= 0.6 is 0 Å². The number of aryl methyl sites for hydroxylation is 1. The second-order valence-corrected chi connectivity index (χ2v) is 6.34. The third-order valence-corrected chi connectivity index (χ3v) is 3.57. The molecule has 0 aliphatic rings. The van der Waals surface area contributed by atoms with Gasteiger partial charge in [0.1, 0.15) is 12.8 Å². The molecule has 7 heteroatoms. The summed E-state index contributed by atoms with van der Waals surface area (Å²) in [5.41, 5.74) is 1.76. The lowest BCUT2D eigenvalue weighted by molar-refractivity contribution is -0.116. The summed E-state index contributed by atoms with van der Waals surface area (Å²) in [6.45, 7) is 6.54. The number of nitrogens with one attached hydrogen (secondary N) is 2. The van der Waals surface area contributed by atoms with Crippen LogP contribution in [0.25, 0.3) is 0 Å². The molecule has 7 nitrogen and oxygen atoms in total. The molecule has 0 spiro atoms. The Morgan fingerprint density at radius 2 is 2.04 bits per heavy atom. The lowest BCUT2D eigenvalue weighted by Crippen LogP contribution is -2.41. The molecular formula is C18H24N4O3. The standard InChI is InChI=1S/C18H24N4O3/c1-13(2)7-9-22(12-17(23)20-16-8-10-25-21-16)18(24)19-15-6-4-5-14(3)11-15/h4-6,8,10-11,13H,7,9,12H2,1-3H3,(H,19,24)(H,20,21,23). The number of urea groups is 1. The predicted molar refractivity (Wildman–Crippen MR) is 96.4 cm³/mol. The molecule has 0 fully saturated rings. The van der Waals surface area contributed by atoms with Crippen molar-refractivity contribution in [1.82, 2.24) is 10.1 Å². The number of nitrogens with zero attached hydrogens (tertiary/aromatic N) is 2. The zero-order valence-electron chi connectivity index (χ0n) is 14.8. The van der Waals surface area contributed by atoms with Crippen LogP contribution in [0.5, 0.6) is 0 Å². The molecule has 1 aromatic heterocycles. The molecule has 0 aliphatic heterocycles. The van der Waals surface area contributed by atoms with Crippen molar-refractivity contribution in [3.8, 4) is 0 Å². The maximum Gasteiger partial charge on any atom is 0.322 e. The molecular weight excluding hydrogens is 320 g/mol. The maximum atomic E-state index is 12.6. The van der Waals surface area contributed by atoms with Gasteiger partial charge in [-0.25, -0.2) is 4.79 Å². The molecule has 0 unspecified atom stereocenters. The number of amides is 3. The topological polar surface area (TPSA) is 87.5 Å². The SMILES string of the molecule is Cc1cccc(NC(=O)N(CCC(C)C)CC(=O)Nc2ccon2)c1. The number of aromatic nitrogens is 1. The Morgan fingerprint density at radius 1 is 1.24 bits per heavy atom. The van der Waals surface area contributed by atoms with Crippen molar-refractivity contribution in [2.45, 2.75) is 27.2 Å². The Balaban J connectivity index is 2.00. The Labute approximate surface area is 147 Å². The number of carbonyl (C=O) groups excluding carboxylic acids is 2. The van der Waals surface area contributed by atoms with Crippen LogP contribution in [0.1, 0.15) is 25.8 Å². The molecule has 1 heterocycles. The zero-order valence-corrected chi connectivity index (χ0v) is 14.8. The first kappa shape index (κ1) is 18.5. The Morgan fingerprint density at radius 3 is 2.68 bits per heavy atom. The van der Waals surface area contributed by atoms with Crippen molar-refractivity contribution in [3.63, 3.8) is 0 Å². The minimum absolute atomic E-state index is 0.0583. The van der Waals surface area contributed by atoms with Crippen LogP contribution in [0.15, 0.2) is 41.1 Å². The van der Waals surface area contributed by atoms with E-state index < -0.39 is 0 Å². The quantitative estimate of drug-likeness (QED) is 0.805. The van der Waals surface area contributed by atoms with Crippen molar-refractivity contribution < 1.29 is 14.1 Å². The molecule has 1 aromatic carbocycles. The number of hydrogen-bond donors (Lipinski definition) is 2. The molecule has 0 aliphatic carbocycles. The van der Waals surface area contributed by atoms with Crippen molar-refractivity contribution in [2.24, 2.45) is 5.92 Å². The average molecular weight is 344 g/mol. The van der Waals surface area contributed by atoms with Gasteiger partial charge >= 0.3 is 6.03 Å². The Bertz CT molecular complexity index is 698. The molecule has 2 N–H and O–H groups in total. The highest BCUT2D eigenvalue weighted by Crippen LogP contribution is 2.12. The van der Waals surface area contributed by atoms with Crippen LogP contribution < -0.4 is 10.6 Å². The minimum atomic E-state index is -0.322. The van der Waals surface area contributed by atoms with Gasteiger partial charge in [-0.05, 0) is 37.0 Å². The highest BCUT2D eigenvalue weighted by molar-refractivity contribution is 5.96. The summed E-state index contributed by atoms with van der Waals surface area (Å²) >= 11 is 0. The van der Waals surface area contributed by atoms with Crippen molar-refractivity contribution in [1.29, 1.82) is 0 Å². The van der Waals surface area contributed by atoms with Gasteiger partial charge in [-0.2, -0.15) is 0 Å². The highest BCUT2D eigenvalue weighted by atomic mass is 16.5. The van der Waals surface area contributed by atoms with Crippen molar-refractivity contribution in [2.75, 3.05) is 23.7 Å².